The van der Waals surface area contributed by atoms with Gasteiger partial charge in [-0.2, -0.15) is 5.10 Å². The molecule has 102 valence electrons. The molecule has 1 unspecified atom stereocenters. The van der Waals surface area contributed by atoms with Crippen molar-refractivity contribution < 1.29 is 0 Å². The number of aromatic amines is 1. The number of aromatic nitrogens is 4. The fourth-order valence-corrected chi connectivity index (χ4v) is 2.95. The van der Waals surface area contributed by atoms with Gasteiger partial charge >= 0.3 is 0 Å². The lowest BCUT2D eigenvalue weighted by Crippen LogP contribution is -2.38. The first kappa shape index (κ1) is 12.3. The summed E-state index contributed by atoms with van der Waals surface area (Å²) in [4.78, 5) is 13.2. The minimum atomic E-state index is 0.709. The maximum absolute atomic E-state index is 4.40. The van der Waals surface area contributed by atoms with Gasteiger partial charge in [0.2, 0.25) is 0 Å². The average molecular weight is 260 g/mol. The van der Waals surface area contributed by atoms with Gasteiger partial charge < -0.3 is 9.80 Å². The van der Waals surface area contributed by atoms with E-state index in [1.54, 1.807) is 12.5 Å². The van der Waals surface area contributed by atoms with Crippen molar-refractivity contribution in [1.29, 1.82) is 0 Å². The van der Waals surface area contributed by atoms with Crippen LogP contribution in [0.25, 0.3) is 11.0 Å². The van der Waals surface area contributed by atoms with Gasteiger partial charge in [0.05, 0.1) is 11.6 Å². The minimum Gasteiger partial charge on any atom is -0.359 e. The van der Waals surface area contributed by atoms with Crippen LogP contribution in [0.4, 0.5) is 5.82 Å². The second-order valence-corrected chi connectivity index (χ2v) is 5.48. The number of rotatable bonds is 3. The van der Waals surface area contributed by atoms with Crippen LogP contribution in [0.3, 0.4) is 0 Å². The van der Waals surface area contributed by atoms with Gasteiger partial charge in [-0.3, -0.25) is 5.10 Å². The minimum absolute atomic E-state index is 0.709. The molecule has 6 heteroatoms. The molecule has 2 aromatic heterocycles. The van der Waals surface area contributed by atoms with Crippen molar-refractivity contribution in [3.8, 4) is 0 Å². The smallest absolute Gasteiger partial charge is 0.160 e. The standard InChI is InChI=1S/C13H20N6/c1-18-5-3-4-10(7-18)8-19(2)13-11-6-16-17-12(11)14-9-15-13/h6,9-10H,3-5,7-8H2,1-2H3,(H,14,15,16,17). The third-order valence-corrected chi connectivity index (χ3v) is 3.84. The predicted molar refractivity (Wildman–Crippen MR) is 75.2 cm³/mol. The van der Waals surface area contributed by atoms with Crippen LogP contribution in [0.2, 0.25) is 0 Å². The Morgan fingerprint density at radius 1 is 1.47 bits per heavy atom. The van der Waals surface area contributed by atoms with E-state index in [2.05, 4.69) is 44.1 Å². The number of likely N-dealkylation sites (tertiary alicyclic amines) is 1. The molecular weight excluding hydrogens is 240 g/mol. The van der Waals surface area contributed by atoms with E-state index in [1.807, 2.05) is 0 Å². The molecular formula is C13H20N6. The number of nitrogens with zero attached hydrogens (tertiary/aromatic N) is 5. The lowest BCUT2D eigenvalue weighted by Gasteiger charge is -2.32. The summed E-state index contributed by atoms with van der Waals surface area (Å²) in [6.07, 6.45) is 5.99. The van der Waals surface area contributed by atoms with E-state index in [1.165, 1.54) is 25.9 Å². The molecule has 3 rings (SSSR count). The average Bonchev–Trinajstić information content (AvgIpc) is 2.86. The monoisotopic (exact) mass is 260 g/mol. The van der Waals surface area contributed by atoms with Crippen LogP contribution in [-0.4, -0.2) is 58.8 Å². The number of fused-ring (bicyclic) bond motifs is 1. The molecule has 0 aromatic carbocycles. The molecule has 1 N–H and O–H groups in total. The van der Waals surface area contributed by atoms with E-state index in [0.29, 0.717) is 5.92 Å². The van der Waals surface area contributed by atoms with E-state index >= 15 is 0 Å². The maximum Gasteiger partial charge on any atom is 0.160 e. The number of hydrogen-bond donors (Lipinski definition) is 1. The molecule has 0 radical (unpaired) electrons. The Balaban J connectivity index is 1.76. The van der Waals surface area contributed by atoms with Gasteiger partial charge in [-0.1, -0.05) is 0 Å². The molecule has 0 spiro atoms. The summed E-state index contributed by atoms with van der Waals surface area (Å²) in [5.41, 5.74) is 0.803. The van der Waals surface area contributed by atoms with Gasteiger partial charge in [0, 0.05) is 20.1 Å². The number of H-pyrrole nitrogens is 1. The zero-order valence-electron chi connectivity index (χ0n) is 11.5. The van der Waals surface area contributed by atoms with Crippen molar-refractivity contribution >= 4 is 16.9 Å². The Bertz CT molecular complexity index is 551. The van der Waals surface area contributed by atoms with Crippen LogP contribution in [0.1, 0.15) is 12.8 Å². The molecule has 2 aromatic rings. The second kappa shape index (κ2) is 5.13. The molecule has 6 nitrogen and oxygen atoms in total. The summed E-state index contributed by atoms with van der Waals surface area (Å²) in [6.45, 7) is 3.42. The highest BCUT2D eigenvalue weighted by molar-refractivity contribution is 5.85. The van der Waals surface area contributed by atoms with Gasteiger partial charge in [-0.25, -0.2) is 9.97 Å². The van der Waals surface area contributed by atoms with Gasteiger partial charge in [0.15, 0.2) is 5.65 Å². The van der Waals surface area contributed by atoms with Crippen LogP contribution in [0.15, 0.2) is 12.5 Å². The fraction of sp³-hybridized carbons (Fsp3) is 0.615. The summed E-state index contributed by atoms with van der Waals surface area (Å²) in [5, 5.41) is 7.92. The lowest BCUT2D eigenvalue weighted by atomic mass is 9.98. The number of piperidine rings is 1. The van der Waals surface area contributed by atoms with Crippen LogP contribution in [0, 0.1) is 5.92 Å². The summed E-state index contributed by atoms with van der Waals surface area (Å²) >= 11 is 0. The van der Waals surface area contributed by atoms with Crippen LogP contribution < -0.4 is 4.90 Å². The highest BCUT2D eigenvalue weighted by Gasteiger charge is 2.20. The highest BCUT2D eigenvalue weighted by atomic mass is 15.2. The summed E-state index contributed by atoms with van der Waals surface area (Å²) in [7, 11) is 4.30. The Labute approximate surface area is 112 Å². The van der Waals surface area contributed by atoms with Gasteiger partial charge in [-0.05, 0) is 32.4 Å². The highest BCUT2D eigenvalue weighted by Crippen LogP contribution is 2.23. The predicted octanol–water partition coefficient (Wildman–Crippen LogP) is 1.13. The van der Waals surface area contributed by atoms with Crippen LogP contribution >= 0.6 is 0 Å². The molecule has 19 heavy (non-hydrogen) atoms. The largest absolute Gasteiger partial charge is 0.359 e. The molecule has 0 saturated carbocycles. The Hall–Kier alpha value is -1.69. The van der Waals surface area contributed by atoms with E-state index in [9.17, 15) is 0 Å². The quantitative estimate of drug-likeness (QED) is 0.896. The first-order valence-corrected chi connectivity index (χ1v) is 6.78. The SMILES string of the molecule is CN1CCCC(CN(C)c2ncnc3[nH]ncc23)C1. The Morgan fingerprint density at radius 3 is 3.21 bits per heavy atom. The van der Waals surface area contributed by atoms with E-state index in [4.69, 9.17) is 0 Å². The molecule has 1 saturated heterocycles. The molecule has 0 amide bonds. The molecule has 1 aliphatic heterocycles. The molecule has 1 aliphatic rings. The van der Waals surface area contributed by atoms with Gasteiger partial charge in [0.25, 0.3) is 0 Å². The second-order valence-electron chi connectivity index (χ2n) is 5.48. The Kier molecular flexibility index (Phi) is 3.33. The van der Waals surface area contributed by atoms with Crippen LogP contribution in [-0.2, 0) is 0 Å². The first-order chi connectivity index (χ1) is 9.24. The normalized spacial score (nSPS) is 20.8. The summed E-state index contributed by atoms with van der Waals surface area (Å²) < 4.78 is 0. The summed E-state index contributed by atoms with van der Waals surface area (Å²) in [6, 6.07) is 0. The summed E-state index contributed by atoms with van der Waals surface area (Å²) in [5.74, 6) is 1.67. The van der Waals surface area contributed by atoms with Crippen molar-refractivity contribution in [2.24, 2.45) is 5.92 Å². The van der Waals surface area contributed by atoms with Crippen molar-refractivity contribution in [2.45, 2.75) is 12.8 Å². The Morgan fingerprint density at radius 2 is 2.37 bits per heavy atom. The van der Waals surface area contributed by atoms with E-state index in [0.717, 1.165) is 23.4 Å². The molecule has 0 aliphatic carbocycles. The molecule has 1 fully saturated rings. The van der Waals surface area contributed by atoms with Crippen LogP contribution in [0.5, 0.6) is 0 Å². The van der Waals surface area contributed by atoms with E-state index < -0.39 is 0 Å². The van der Waals surface area contributed by atoms with Crippen molar-refractivity contribution in [1.82, 2.24) is 25.1 Å². The lowest BCUT2D eigenvalue weighted by molar-refractivity contribution is 0.213. The zero-order valence-corrected chi connectivity index (χ0v) is 11.5. The maximum atomic E-state index is 4.40. The number of nitrogens with one attached hydrogen (secondary N) is 1. The number of hydrogen-bond acceptors (Lipinski definition) is 5. The molecule has 3 heterocycles. The topological polar surface area (TPSA) is 60.9 Å². The van der Waals surface area contributed by atoms with Crippen molar-refractivity contribution in [2.75, 3.05) is 38.6 Å². The zero-order chi connectivity index (χ0) is 13.2. The van der Waals surface area contributed by atoms with Crippen molar-refractivity contribution in [3.05, 3.63) is 12.5 Å². The fourth-order valence-electron chi connectivity index (χ4n) is 2.95. The third-order valence-electron chi connectivity index (χ3n) is 3.84. The van der Waals surface area contributed by atoms with Gasteiger partial charge in [0.1, 0.15) is 12.1 Å². The molecule has 1 atom stereocenters. The third kappa shape index (κ3) is 2.53. The van der Waals surface area contributed by atoms with E-state index in [-0.39, 0.29) is 0 Å². The van der Waals surface area contributed by atoms with Gasteiger partial charge in [-0.15, -0.1) is 0 Å². The number of anilines is 1. The molecule has 0 bridgehead atoms. The first-order valence-electron chi connectivity index (χ1n) is 6.78. The van der Waals surface area contributed by atoms with Crippen molar-refractivity contribution in [3.63, 3.8) is 0 Å².